The highest BCUT2D eigenvalue weighted by atomic mass is 19.1. The van der Waals surface area contributed by atoms with E-state index in [1.165, 1.54) is 36.1 Å². The third kappa shape index (κ3) is 3.05. The van der Waals surface area contributed by atoms with Crippen LogP contribution in [0, 0.1) is 11.6 Å². The van der Waals surface area contributed by atoms with E-state index in [9.17, 15) is 8.78 Å². The topological polar surface area (TPSA) is 12.0 Å². The first kappa shape index (κ1) is 13.3. The van der Waals surface area contributed by atoms with E-state index in [1.54, 1.807) is 0 Å². The van der Waals surface area contributed by atoms with Crippen LogP contribution in [0.15, 0.2) is 42.5 Å². The third-order valence-electron chi connectivity index (χ3n) is 3.71. The van der Waals surface area contributed by atoms with E-state index < -0.39 is 5.82 Å². The average Bonchev–Trinajstić information content (AvgIpc) is 3.28. The van der Waals surface area contributed by atoms with Crippen LogP contribution in [0.5, 0.6) is 0 Å². The predicted molar refractivity (Wildman–Crippen MR) is 75.3 cm³/mol. The molecule has 1 saturated carbocycles. The van der Waals surface area contributed by atoms with E-state index in [4.69, 9.17) is 0 Å². The quantitative estimate of drug-likeness (QED) is 0.863. The minimum absolute atomic E-state index is 0.336. The molecule has 1 nitrogen and oxygen atoms in total. The average molecular weight is 273 g/mol. The summed E-state index contributed by atoms with van der Waals surface area (Å²) >= 11 is 0. The van der Waals surface area contributed by atoms with Gasteiger partial charge >= 0.3 is 0 Å². The Morgan fingerprint density at radius 1 is 0.950 bits per heavy atom. The van der Waals surface area contributed by atoms with Crippen LogP contribution < -0.4 is 5.32 Å². The summed E-state index contributed by atoms with van der Waals surface area (Å²) in [7, 11) is 0. The van der Waals surface area contributed by atoms with Crippen molar-refractivity contribution in [3.63, 3.8) is 0 Å². The molecule has 20 heavy (non-hydrogen) atoms. The highest BCUT2D eigenvalue weighted by molar-refractivity contribution is 5.33. The van der Waals surface area contributed by atoms with Crippen LogP contribution in [0.4, 0.5) is 8.78 Å². The Kier molecular flexibility index (Phi) is 3.79. The van der Waals surface area contributed by atoms with Gasteiger partial charge in [0, 0.05) is 18.7 Å². The van der Waals surface area contributed by atoms with Gasteiger partial charge in [0.1, 0.15) is 11.6 Å². The number of nitrogens with one attached hydrogen (secondary N) is 1. The van der Waals surface area contributed by atoms with E-state index in [-0.39, 0.29) is 5.82 Å². The second-order valence-electron chi connectivity index (χ2n) is 5.31. The van der Waals surface area contributed by atoms with Gasteiger partial charge in [-0.15, -0.1) is 0 Å². The fourth-order valence-electron chi connectivity index (χ4n) is 2.50. The van der Waals surface area contributed by atoms with Crippen molar-refractivity contribution in [2.75, 3.05) is 0 Å². The van der Waals surface area contributed by atoms with Crippen molar-refractivity contribution in [3.8, 4) is 0 Å². The monoisotopic (exact) mass is 273 g/mol. The largest absolute Gasteiger partial charge is 0.308 e. The molecule has 0 radical (unpaired) electrons. The highest BCUT2D eigenvalue weighted by Gasteiger charge is 2.25. The van der Waals surface area contributed by atoms with Gasteiger partial charge in [-0.25, -0.2) is 8.78 Å². The number of hydrogen-bond acceptors (Lipinski definition) is 1. The van der Waals surface area contributed by atoms with Gasteiger partial charge in [-0.2, -0.15) is 0 Å². The lowest BCUT2D eigenvalue weighted by Gasteiger charge is -2.10. The van der Waals surface area contributed by atoms with Gasteiger partial charge in [0.05, 0.1) is 0 Å². The molecule has 1 N–H and O–H groups in total. The molecule has 1 aliphatic carbocycles. The second kappa shape index (κ2) is 5.71. The fraction of sp³-hybridized carbons (Fsp3) is 0.294. The Hall–Kier alpha value is -1.74. The van der Waals surface area contributed by atoms with Crippen molar-refractivity contribution < 1.29 is 8.78 Å². The van der Waals surface area contributed by atoms with Crippen molar-refractivity contribution in [2.24, 2.45) is 0 Å². The third-order valence-corrected chi connectivity index (χ3v) is 3.71. The molecule has 1 aliphatic rings. The molecule has 1 fully saturated rings. The van der Waals surface area contributed by atoms with Gasteiger partial charge in [-0.05, 0) is 48.1 Å². The van der Waals surface area contributed by atoms with E-state index in [0.29, 0.717) is 24.6 Å². The summed E-state index contributed by atoms with van der Waals surface area (Å²) in [6, 6.07) is 11.9. The summed E-state index contributed by atoms with van der Waals surface area (Å²) in [5.74, 6) is -0.0742. The molecule has 3 heteroatoms. The Morgan fingerprint density at radius 2 is 1.70 bits per heavy atom. The molecule has 0 bridgehead atoms. The van der Waals surface area contributed by atoms with Gasteiger partial charge in [-0.3, -0.25) is 0 Å². The minimum atomic E-state index is -0.401. The van der Waals surface area contributed by atoms with Crippen LogP contribution in [-0.4, -0.2) is 0 Å². The number of benzene rings is 2. The standard InChI is InChI=1S/C17H17F2N/c18-15-7-8-17(19)14(9-15)11-20-10-13-3-1-2-4-16(13)12-5-6-12/h1-4,7-9,12,20H,5-6,10-11H2. The number of hydrogen-bond donors (Lipinski definition) is 1. The molecule has 3 rings (SSSR count). The molecule has 0 heterocycles. The van der Waals surface area contributed by atoms with Gasteiger partial charge in [0.2, 0.25) is 0 Å². The lowest BCUT2D eigenvalue weighted by molar-refractivity contribution is 0.568. The zero-order chi connectivity index (χ0) is 13.9. The van der Waals surface area contributed by atoms with Crippen molar-refractivity contribution in [3.05, 3.63) is 70.8 Å². The molecular weight excluding hydrogens is 256 g/mol. The Balaban J connectivity index is 1.64. The van der Waals surface area contributed by atoms with Crippen LogP contribution in [0.2, 0.25) is 0 Å². The summed E-state index contributed by atoms with van der Waals surface area (Å²) in [6.07, 6.45) is 2.52. The first-order valence-corrected chi connectivity index (χ1v) is 6.96. The molecule has 2 aromatic carbocycles. The number of rotatable bonds is 5. The van der Waals surface area contributed by atoms with Gasteiger partial charge in [0.25, 0.3) is 0 Å². The zero-order valence-corrected chi connectivity index (χ0v) is 11.2. The van der Waals surface area contributed by atoms with Crippen LogP contribution in [0.3, 0.4) is 0 Å². The fourth-order valence-corrected chi connectivity index (χ4v) is 2.50. The zero-order valence-electron chi connectivity index (χ0n) is 11.2. The summed E-state index contributed by atoms with van der Waals surface area (Å²) in [4.78, 5) is 0. The molecule has 104 valence electrons. The molecule has 2 aromatic rings. The van der Waals surface area contributed by atoms with Crippen molar-refractivity contribution >= 4 is 0 Å². The van der Waals surface area contributed by atoms with Crippen LogP contribution in [-0.2, 0) is 13.1 Å². The lowest BCUT2D eigenvalue weighted by atomic mass is 10.0. The molecule has 0 unspecified atom stereocenters. The van der Waals surface area contributed by atoms with Crippen molar-refractivity contribution in [2.45, 2.75) is 31.8 Å². The first-order valence-electron chi connectivity index (χ1n) is 6.96. The minimum Gasteiger partial charge on any atom is -0.308 e. The summed E-state index contributed by atoms with van der Waals surface area (Å²) in [6.45, 7) is 1.02. The van der Waals surface area contributed by atoms with E-state index in [0.717, 1.165) is 6.07 Å². The van der Waals surface area contributed by atoms with E-state index >= 15 is 0 Å². The summed E-state index contributed by atoms with van der Waals surface area (Å²) in [5, 5.41) is 3.20. The smallest absolute Gasteiger partial charge is 0.127 e. The Labute approximate surface area is 117 Å². The van der Waals surface area contributed by atoms with Crippen molar-refractivity contribution in [1.29, 1.82) is 0 Å². The second-order valence-corrected chi connectivity index (χ2v) is 5.31. The normalized spacial score (nSPS) is 14.5. The molecular formula is C17H17F2N. The molecule has 0 amide bonds. The van der Waals surface area contributed by atoms with Crippen LogP contribution in [0.1, 0.15) is 35.4 Å². The molecule has 0 saturated heterocycles. The van der Waals surface area contributed by atoms with Crippen LogP contribution in [0.25, 0.3) is 0 Å². The molecule has 0 aromatic heterocycles. The summed E-state index contributed by atoms with van der Waals surface area (Å²) < 4.78 is 26.6. The molecule has 0 spiro atoms. The maximum Gasteiger partial charge on any atom is 0.127 e. The Bertz CT molecular complexity index is 606. The molecule has 0 aliphatic heterocycles. The van der Waals surface area contributed by atoms with Gasteiger partial charge in [0.15, 0.2) is 0 Å². The highest BCUT2D eigenvalue weighted by Crippen LogP contribution is 2.41. The predicted octanol–water partition coefficient (Wildman–Crippen LogP) is 4.13. The maximum atomic E-state index is 13.5. The lowest BCUT2D eigenvalue weighted by Crippen LogP contribution is -2.15. The van der Waals surface area contributed by atoms with E-state index in [2.05, 4.69) is 23.5 Å². The molecule has 0 atom stereocenters. The van der Waals surface area contributed by atoms with Crippen LogP contribution >= 0.6 is 0 Å². The van der Waals surface area contributed by atoms with Gasteiger partial charge < -0.3 is 5.32 Å². The van der Waals surface area contributed by atoms with Gasteiger partial charge in [-0.1, -0.05) is 24.3 Å². The Morgan fingerprint density at radius 3 is 2.50 bits per heavy atom. The maximum absolute atomic E-state index is 13.5. The SMILES string of the molecule is Fc1ccc(F)c(CNCc2ccccc2C2CC2)c1. The van der Waals surface area contributed by atoms with Crippen molar-refractivity contribution in [1.82, 2.24) is 5.32 Å². The first-order chi connectivity index (χ1) is 9.74. The number of halogens is 2. The summed E-state index contributed by atoms with van der Waals surface area (Å²) in [5.41, 5.74) is 3.01. The van der Waals surface area contributed by atoms with E-state index in [1.807, 2.05) is 6.07 Å².